The molecule has 15 heavy (non-hydrogen) atoms. The van der Waals surface area contributed by atoms with Crippen LogP contribution in [0.2, 0.25) is 0 Å². The lowest BCUT2D eigenvalue weighted by Gasteiger charge is -2.56. The zero-order valence-corrected chi connectivity index (χ0v) is 11.7. The zero-order chi connectivity index (χ0) is 11.8. The van der Waals surface area contributed by atoms with Gasteiger partial charge in [-0.2, -0.15) is 0 Å². The van der Waals surface area contributed by atoms with Crippen LogP contribution in [0.4, 0.5) is 0 Å². The van der Waals surface area contributed by atoms with E-state index in [2.05, 4.69) is 53.6 Å². The van der Waals surface area contributed by atoms with Gasteiger partial charge in [-0.15, -0.1) is 0 Å². The molecule has 0 N–H and O–H groups in total. The first-order valence-corrected chi connectivity index (χ1v) is 6.46. The first-order chi connectivity index (χ1) is 6.79. The molecule has 90 valence electrons. The minimum Gasteiger partial charge on any atom is -0.304 e. The van der Waals surface area contributed by atoms with Gasteiger partial charge in [-0.25, -0.2) is 0 Å². The third-order valence-corrected chi connectivity index (χ3v) is 5.20. The van der Waals surface area contributed by atoms with E-state index < -0.39 is 0 Å². The van der Waals surface area contributed by atoms with Crippen molar-refractivity contribution < 1.29 is 0 Å². The Balaban J connectivity index is 2.45. The molecule has 1 aliphatic rings. The number of rotatable bonds is 4. The van der Waals surface area contributed by atoms with Crippen molar-refractivity contribution >= 4 is 0 Å². The van der Waals surface area contributed by atoms with Gasteiger partial charge in [-0.1, -0.05) is 27.7 Å². The van der Waals surface area contributed by atoms with Crippen LogP contribution in [0.25, 0.3) is 0 Å². The smallest absolute Gasteiger partial charge is 0.0206 e. The third-order valence-electron chi connectivity index (χ3n) is 5.20. The molecule has 0 radical (unpaired) electrons. The molecule has 3 unspecified atom stereocenters. The summed E-state index contributed by atoms with van der Waals surface area (Å²) in [6.07, 6.45) is 2.81. The summed E-state index contributed by atoms with van der Waals surface area (Å²) in [6.45, 7) is 11.9. The van der Waals surface area contributed by atoms with Crippen LogP contribution >= 0.6 is 0 Å². The van der Waals surface area contributed by atoms with Gasteiger partial charge in [0.25, 0.3) is 0 Å². The molecule has 0 aliphatic heterocycles. The Hall–Kier alpha value is -0.0400. The minimum absolute atomic E-state index is 0.460. The maximum absolute atomic E-state index is 2.43. The largest absolute Gasteiger partial charge is 0.304 e. The molecule has 0 aromatic carbocycles. The quantitative estimate of drug-likeness (QED) is 0.686. The van der Waals surface area contributed by atoms with Crippen LogP contribution in [0, 0.1) is 23.7 Å². The standard InChI is InChI=1S/C14H29N/c1-10(2)11(3)8-13-9-14(5,12(13)4)15(6)7/h10-13H,8-9H2,1-7H3/t11?,12?,13?,14-/m1/s1. The van der Waals surface area contributed by atoms with Gasteiger partial charge in [-0.05, 0) is 57.5 Å². The molecule has 0 heterocycles. The van der Waals surface area contributed by atoms with Crippen LogP contribution in [0.15, 0.2) is 0 Å². The zero-order valence-electron chi connectivity index (χ0n) is 11.7. The molecule has 0 aromatic heterocycles. The molecule has 0 bridgehead atoms. The molecule has 1 rings (SSSR count). The highest BCUT2D eigenvalue weighted by molar-refractivity contribution is 5.03. The van der Waals surface area contributed by atoms with Crippen LogP contribution in [-0.4, -0.2) is 24.5 Å². The van der Waals surface area contributed by atoms with Crippen LogP contribution in [-0.2, 0) is 0 Å². The average Bonchev–Trinajstić information content (AvgIpc) is 2.15. The van der Waals surface area contributed by atoms with E-state index >= 15 is 0 Å². The van der Waals surface area contributed by atoms with Crippen molar-refractivity contribution in [2.75, 3.05) is 14.1 Å². The Morgan fingerprint density at radius 2 is 1.80 bits per heavy atom. The van der Waals surface area contributed by atoms with Crippen molar-refractivity contribution in [1.82, 2.24) is 4.90 Å². The van der Waals surface area contributed by atoms with Crippen LogP contribution in [0.5, 0.6) is 0 Å². The maximum Gasteiger partial charge on any atom is 0.0206 e. The maximum atomic E-state index is 2.43. The second-order valence-electron chi connectivity index (χ2n) is 6.46. The number of hydrogen-bond acceptors (Lipinski definition) is 1. The Morgan fingerprint density at radius 1 is 1.27 bits per heavy atom. The number of hydrogen-bond donors (Lipinski definition) is 0. The lowest BCUT2D eigenvalue weighted by Crippen LogP contribution is -2.59. The highest BCUT2D eigenvalue weighted by Gasteiger charge is 2.49. The van der Waals surface area contributed by atoms with Crippen molar-refractivity contribution in [2.24, 2.45) is 23.7 Å². The Bertz CT molecular complexity index is 207. The molecular formula is C14H29N. The lowest BCUT2D eigenvalue weighted by molar-refractivity contribution is -0.0553. The van der Waals surface area contributed by atoms with E-state index in [1.165, 1.54) is 12.8 Å². The van der Waals surface area contributed by atoms with Crippen LogP contribution in [0.3, 0.4) is 0 Å². The normalized spacial score (nSPS) is 38.2. The van der Waals surface area contributed by atoms with E-state index in [0.29, 0.717) is 5.54 Å². The second kappa shape index (κ2) is 4.45. The summed E-state index contributed by atoms with van der Waals surface area (Å²) in [7, 11) is 4.44. The van der Waals surface area contributed by atoms with E-state index in [1.807, 2.05) is 0 Å². The molecule has 0 spiro atoms. The predicted octanol–water partition coefficient (Wildman–Crippen LogP) is 3.64. The molecule has 1 nitrogen and oxygen atoms in total. The summed E-state index contributed by atoms with van der Waals surface area (Å²) in [5.41, 5.74) is 0.460. The van der Waals surface area contributed by atoms with Crippen LogP contribution in [0.1, 0.15) is 47.5 Å². The molecule has 0 saturated heterocycles. The van der Waals surface area contributed by atoms with Gasteiger partial charge in [0, 0.05) is 5.54 Å². The van der Waals surface area contributed by atoms with E-state index in [1.54, 1.807) is 0 Å². The SMILES string of the molecule is CC(C)C(C)CC1C[C@@](C)(N(C)C)C1C. The summed E-state index contributed by atoms with van der Waals surface area (Å²) in [4.78, 5) is 2.41. The summed E-state index contributed by atoms with van der Waals surface area (Å²) < 4.78 is 0. The van der Waals surface area contributed by atoms with Crippen molar-refractivity contribution in [3.63, 3.8) is 0 Å². The van der Waals surface area contributed by atoms with Gasteiger partial charge in [0.05, 0.1) is 0 Å². The van der Waals surface area contributed by atoms with E-state index in [-0.39, 0.29) is 0 Å². The highest BCUT2D eigenvalue weighted by atomic mass is 15.2. The van der Waals surface area contributed by atoms with Gasteiger partial charge in [0.1, 0.15) is 0 Å². The topological polar surface area (TPSA) is 3.24 Å². The summed E-state index contributed by atoms with van der Waals surface area (Å²) in [6, 6.07) is 0. The molecule has 0 amide bonds. The molecular weight excluding hydrogens is 182 g/mol. The lowest BCUT2D eigenvalue weighted by atomic mass is 9.57. The van der Waals surface area contributed by atoms with E-state index in [0.717, 1.165) is 23.7 Å². The van der Waals surface area contributed by atoms with Gasteiger partial charge in [-0.3, -0.25) is 0 Å². The van der Waals surface area contributed by atoms with E-state index in [4.69, 9.17) is 0 Å². The van der Waals surface area contributed by atoms with Gasteiger partial charge >= 0.3 is 0 Å². The molecule has 1 heteroatoms. The van der Waals surface area contributed by atoms with Crippen molar-refractivity contribution in [3.05, 3.63) is 0 Å². The summed E-state index contributed by atoms with van der Waals surface area (Å²) in [5.74, 6) is 3.52. The van der Waals surface area contributed by atoms with Crippen molar-refractivity contribution in [3.8, 4) is 0 Å². The third kappa shape index (κ3) is 2.38. The molecule has 4 atom stereocenters. The van der Waals surface area contributed by atoms with Gasteiger partial charge < -0.3 is 4.90 Å². The Morgan fingerprint density at radius 3 is 2.13 bits per heavy atom. The molecule has 0 aromatic rings. The fourth-order valence-corrected chi connectivity index (χ4v) is 2.87. The first-order valence-electron chi connectivity index (χ1n) is 6.46. The van der Waals surface area contributed by atoms with Crippen molar-refractivity contribution in [2.45, 2.75) is 53.0 Å². The van der Waals surface area contributed by atoms with E-state index in [9.17, 15) is 0 Å². The van der Waals surface area contributed by atoms with Gasteiger partial charge in [0.15, 0.2) is 0 Å². The monoisotopic (exact) mass is 211 g/mol. The Labute approximate surface area is 96.2 Å². The second-order valence-corrected chi connectivity index (χ2v) is 6.46. The number of nitrogens with zero attached hydrogens (tertiary/aromatic N) is 1. The highest BCUT2D eigenvalue weighted by Crippen LogP contribution is 2.49. The molecule has 1 fully saturated rings. The fraction of sp³-hybridized carbons (Fsp3) is 1.00. The first kappa shape index (κ1) is 13.0. The molecule has 1 aliphatic carbocycles. The average molecular weight is 211 g/mol. The van der Waals surface area contributed by atoms with Crippen molar-refractivity contribution in [1.29, 1.82) is 0 Å². The predicted molar refractivity (Wildman–Crippen MR) is 68.0 cm³/mol. The van der Waals surface area contributed by atoms with Gasteiger partial charge in [0.2, 0.25) is 0 Å². The summed E-state index contributed by atoms with van der Waals surface area (Å²) >= 11 is 0. The fourth-order valence-electron chi connectivity index (χ4n) is 2.87. The Kier molecular flexibility index (Phi) is 3.86. The molecule has 1 saturated carbocycles. The minimum atomic E-state index is 0.460. The van der Waals surface area contributed by atoms with Crippen LogP contribution < -0.4 is 0 Å². The summed E-state index contributed by atoms with van der Waals surface area (Å²) in [5, 5.41) is 0.